The Hall–Kier alpha value is -4.71. The lowest BCUT2D eigenvalue weighted by Gasteiger charge is -2.11. The molecule has 0 radical (unpaired) electrons. The molecule has 0 spiro atoms. The van der Waals surface area contributed by atoms with Crippen LogP contribution in [-0.4, -0.2) is 28.8 Å². The number of ether oxygens (including phenoxy) is 4. The smallest absolute Gasteiger partial charge is 0.294 e. The van der Waals surface area contributed by atoms with Gasteiger partial charge in [-0.2, -0.15) is 0 Å². The van der Waals surface area contributed by atoms with Crippen molar-refractivity contribution in [3.05, 3.63) is 89.4 Å². The molecule has 0 aliphatic rings. The van der Waals surface area contributed by atoms with Crippen LogP contribution in [0.3, 0.4) is 0 Å². The number of halogens is 3. The van der Waals surface area contributed by atoms with Gasteiger partial charge in [0.05, 0.1) is 25.8 Å². The van der Waals surface area contributed by atoms with Crippen molar-refractivity contribution >= 4 is 27.3 Å². The molecule has 0 atom stereocenters. The summed E-state index contributed by atoms with van der Waals surface area (Å²) < 4.78 is 70.7. The molecule has 6 rings (SSSR count). The molecule has 12 heteroatoms. The Morgan fingerprint density at radius 3 is 2.58 bits per heavy atom. The van der Waals surface area contributed by atoms with Crippen molar-refractivity contribution < 1.29 is 36.5 Å². The fourth-order valence-electron chi connectivity index (χ4n) is 4.05. The molecule has 0 unspecified atom stereocenters. The summed E-state index contributed by atoms with van der Waals surface area (Å²) in [4.78, 5) is 5.24. The predicted molar refractivity (Wildman–Crippen MR) is 141 cm³/mol. The van der Waals surface area contributed by atoms with Crippen LogP contribution in [0.1, 0.15) is 11.1 Å². The molecule has 6 aromatic rings. The van der Waals surface area contributed by atoms with Gasteiger partial charge in [0.2, 0.25) is 4.96 Å². The van der Waals surface area contributed by atoms with E-state index in [9.17, 15) is 13.2 Å². The molecular weight excluding hydrogens is 547 g/mol. The molecule has 0 aliphatic carbocycles. The van der Waals surface area contributed by atoms with E-state index >= 15 is 0 Å². The quantitative estimate of drug-likeness (QED) is 0.178. The summed E-state index contributed by atoms with van der Waals surface area (Å²) in [5.74, 6) is -2.03. The Kier molecular flexibility index (Phi) is 6.68. The van der Waals surface area contributed by atoms with Gasteiger partial charge < -0.3 is 23.4 Å². The van der Waals surface area contributed by atoms with Crippen LogP contribution < -0.4 is 18.9 Å². The molecule has 3 aromatic carbocycles. The Labute approximate surface area is 229 Å². The van der Waals surface area contributed by atoms with E-state index < -0.39 is 17.5 Å². The van der Waals surface area contributed by atoms with E-state index in [1.807, 2.05) is 12.1 Å². The number of fused-ring (bicyclic) bond motifs is 2. The van der Waals surface area contributed by atoms with Crippen LogP contribution in [0, 0.1) is 17.5 Å². The molecule has 0 bridgehead atoms. The maximum absolute atomic E-state index is 14.0. The minimum atomic E-state index is -1.53. The van der Waals surface area contributed by atoms with Gasteiger partial charge in [-0.05, 0) is 47.2 Å². The monoisotopic (exact) mass is 567 g/mol. The maximum Gasteiger partial charge on any atom is 0.294 e. The second kappa shape index (κ2) is 10.5. The number of nitrogens with zero attached hydrogens (tertiary/aromatic N) is 3. The van der Waals surface area contributed by atoms with Crippen molar-refractivity contribution in [1.29, 1.82) is 0 Å². The highest BCUT2D eigenvalue weighted by molar-refractivity contribution is 7.18. The SMILES string of the molecule is COc1cc(OCc2cccc(OCc3ccc(F)c(F)c3F)c2)c2cc(-c3cn4nc(OC)sc4n3)oc2c1. The lowest BCUT2D eigenvalue weighted by Crippen LogP contribution is -2.03. The molecule has 0 saturated heterocycles. The first-order chi connectivity index (χ1) is 19.4. The van der Waals surface area contributed by atoms with E-state index in [4.69, 9.17) is 23.4 Å². The highest BCUT2D eigenvalue weighted by Crippen LogP contribution is 2.37. The molecule has 8 nitrogen and oxygen atoms in total. The molecule has 3 heterocycles. The standard InChI is InChI=1S/C28H20F3N3O5S/c1-35-18-9-22(19-11-24(39-23(19)10-18)21-12-34-27(32-21)40-28(33-34)36-2)38-13-15-4-3-5-17(8-15)37-14-16-6-7-20(29)26(31)25(16)30/h3-12H,13-14H2,1-2H3. The first kappa shape index (κ1) is 25.6. The molecular formula is C28H20F3N3O5S. The van der Waals surface area contributed by atoms with Crippen LogP contribution in [0.15, 0.2) is 65.2 Å². The predicted octanol–water partition coefficient (Wildman–Crippen LogP) is 6.80. The fourth-order valence-corrected chi connectivity index (χ4v) is 4.75. The lowest BCUT2D eigenvalue weighted by molar-refractivity contribution is 0.290. The van der Waals surface area contributed by atoms with E-state index in [1.165, 1.54) is 11.3 Å². The second-order valence-corrected chi connectivity index (χ2v) is 9.55. The molecule has 0 aliphatic heterocycles. The van der Waals surface area contributed by atoms with Crippen LogP contribution in [0.4, 0.5) is 13.2 Å². The van der Waals surface area contributed by atoms with Crippen LogP contribution in [-0.2, 0) is 13.2 Å². The van der Waals surface area contributed by atoms with E-state index in [1.54, 1.807) is 55.3 Å². The fraction of sp³-hybridized carbons (Fsp3) is 0.143. The van der Waals surface area contributed by atoms with Crippen LogP contribution in [0.2, 0.25) is 0 Å². The lowest BCUT2D eigenvalue weighted by atomic mass is 10.2. The van der Waals surface area contributed by atoms with Crippen LogP contribution in [0.5, 0.6) is 22.4 Å². The minimum Gasteiger partial charge on any atom is -0.496 e. The van der Waals surface area contributed by atoms with Gasteiger partial charge >= 0.3 is 0 Å². The van der Waals surface area contributed by atoms with Crippen LogP contribution >= 0.6 is 11.3 Å². The third-order valence-corrected chi connectivity index (χ3v) is 6.95. The average molecular weight is 568 g/mol. The van der Waals surface area contributed by atoms with Gasteiger partial charge in [-0.15, -0.1) is 5.10 Å². The van der Waals surface area contributed by atoms with E-state index in [0.29, 0.717) is 44.4 Å². The third kappa shape index (κ3) is 4.89. The van der Waals surface area contributed by atoms with E-state index in [0.717, 1.165) is 23.1 Å². The second-order valence-electron chi connectivity index (χ2n) is 8.63. The van der Waals surface area contributed by atoms with Gasteiger partial charge in [-0.3, -0.25) is 0 Å². The molecule has 204 valence electrons. The number of imidazole rings is 1. The molecule has 0 amide bonds. The van der Waals surface area contributed by atoms with Crippen LogP contribution in [0.25, 0.3) is 27.4 Å². The summed E-state index contributed by atoms with van der Waals surface area (Å²) in [5.41, 5.74) is 1.82. The Balaban J connectivity index is 1.21. The molecule has 3 aromatic heterocycles. The number of methoxy groups -OCH3 is 2. The zero-order valence-corrected chi connectivity index (χ0v) is 21.9. The number of aromatic nitrogens is 3. The minimum absolute atomic E-state index is 0.0948. The largest absolute Gasteiger partial charge is 0.496 e. The summed E-state index contributed by atoms with van der Waals surface area (Å²) in [6, 6.07) is 14.3. The van der Waals surface area contributed by atoms with Crippen molar-refractivity contribution in [3.8, 4) is 33.9 Å². The van der Waals surface area contributed by atoms with Crippen molar-refractivity contribution in [2.24, 2.45) is 0 Å². The first-order valence-corrected chi connectivity index (χ1v) is 12.7. The summed E-state index contributed by atoms with van der Waals surface area (Å²) in [5, 5.41) is 5.52. The zero-order chi connectivity index (χ0) is 27.8. The van der Waals surface area contributed by atoms with Gasteiger partial charge in [0.1, 0.15) is 41.7 Å². The molecule has 0 fully saturated rings. The average Bonchev–Trinajstić information content (AvgIpc) is 3.67. The van der Waals surface area contributed by atoms with E-state index in [-0.39, 0.29) is 18.8 Å². The number of benzene rings is 3. The Morgan fingerprint density at radius 1 is 0.900 bits per heavy atom. The third-order valence-electron chi connectivity index (χ3n) is 6.06. The summed E-state index contributed by atoms with van der Waals surface area (Å²) >= 11 is 1.31. The van der Waals surface area contributed by atoms with Crippen molar-refractivity contribution in [3.63, 3.8) is 0 Å². The van der Waals surface area contributed by atoms with Crippen molar-refractivity contribution in [2.75, 3.05) is 14.2 Å². The molecule has 0 N–H and O–H groups in total. The highest BCUT2D eigenvalue weighted by atomic mass is 32.1. The van der Waals surface area contributed by atoms with Crippen molar-refractivity contribution in [2.45, 2.75) is 13.2 Å². The van der Waals surface area contributed by atoms with Gasteiger partial charge in [0, 0.05) is 17.7 Å². The summed E-state index contributed by atoms with van der Waals surface area (Å²) in [7, 11) is 3.10. The zero-order valence-electron chi connectivity index (χ0n) is 21.1. The summed E-state index contributed by atoms with van der Waals surface area (Å²) in [6.45, 7) is -0.0981. The van der Waals surface area contributed by atoms with Gasteiger partial charge in [-0.25, -0.2) is 22.7 Å². The van der Waals surface area contributed by atoms with Gasteiger partial charge in [-0.1, -0.05) is 12.1 Å². The highest BCUT2D eigenvalue weighted by Gasteiger charge is 2.18. The van der Waals surface area contributed by atoms with Gasteiger partial charge in [0.15, 0.2) is 23.2 Å². The maximum atomic E-state index is 14.0. The number of hydrogen-bond donors (Lipinski definition) is 0. The Morgan fingerprint density at radius 2 is 1.77 bits per heavy atom. The normalized spacial score (nSPS) is 11.3. The van der Waals surface area contributed by atoms with Crippen molar-refractivity contribution in [1.82, 2.24) is 14.6 Å². The Bertz CT molecular complexity index is 1820. The first-order valence-electron chi connectivity index (χ1n) is 11.9. The summed E-state index contributed by atoms with van der Waals surface area (Å²) in [6.07, 6.45) is 1.75. The molecule has 0 saturated carbocycles. The van der Waals surface area contributed by atoms with E-state index in [2.05, 4.69) is 10.1 Å². The number of furan rings is 1. The molecule has 40 heavy (non-hydrogen) atoms. The number of hydrogen-bond acceptors (Lipinski definition) is 8. The topological polar surface area (TPSA) is 80.2 Å². The number of rotatable bonds is 9. The van der Waals surface area contributed by atoms with Gasteiger partial charge in [0.25, 0.3) is 5.19 Å².